The van der Waals surface area contributed by atoms with Gasteiger partial charge in [0.15, 0.2) is 17.1 Å². The largest absolute Gasteiger partial charge is 0.450 e. The molecule has 0 spiro atoms. The van der Waals surface area contributed by atoms with Crippen molar-refractivity contribution in [3.05, 3.63) is 64.8 Å². The minimum absolute atomic E-state index is 0.0201. The van der Waals surface area contributed by atoms with Gasteiger partial charge >= 0.3 is 6.18 Å². The average molecular weight is 557 g/mol. The van der Waals surface area contributed by atoms with Gasteiger partial charge in [0, 0.05) is 43.3 Å². The van der Waals surface area contributed by atoms with Gasteiger partial charge in [-0.1, -0.05) is 11.6 Å². The Morgan fingerprint density at radius 2 is 1.87 bits per heavy atom. The van der Waals surface area contributed by atoms with Crippen molar-refractivity contribution in [1.82, 2.24) is 34.0 Å². The Morgan fingerprint density at radius 1 is 1.10 bits per heavy atom. The summed E-state index contributed by atoms with van der Waals surface area (Å²) in [6.07, 6.45) is 3.07. The summed E-state index contributed by atoms with van der Waals surface area (Å²) in [5.41, 5.74) is -0.807. The number of rotatable bonds is 4. The summed E-state index contributed by atoms with van der Waals surface area (Å²) in [6.45, 7) is 3.17. The third-order valence-corrected chi connectivity index (χ3v) is 7.36. The number of carbonyl (C=O) groups is 1. The van der Waals surface area contributed by atoms with E-state index in [1.165, 1.54) is 30.4 Å². The number of aromatic nitrogens is 6. The lowest BCUT2D eigenvalue weighted by Gasteiger charge is -2.30. The second kappa shape index (κ2) is 8.30. The van der Waals surface area contributed by atoms with E-state index in [-0.39, 0.29) is 39.2 Å². The number of nitrogens with one attached hydrogen (secondary N) is 1. The molecule has 0 radical (unpaired) electrons. The number of hydrogen-bond donors (Lipinski definition) is 1. The van der Waals surface area contributed by atoms with Gasteiger partial charge in [0.25, 0.3) is 5.91 Å². The first kappa shape index (κ1) is 24.9. The zero-order valence-corrected chi connectivity index (χ0v) is 21.8. The number of nitrogens with zero attached hydrogens (tertiary/aromatic N) is 7. The fourth-order valence-corrected chi connectivity index (χ4v) is 5.10. The molecule has 5 heterocycles. The van der Waals surface area contributed by atoms with E-state index in [2.05, 4.69) is 25.4 Å². The number of pyridine rings is 1. The van der Waals surface area contributed by atoms with Crippen LogP contribution in [0.25, 0.3) is 16.7 Å². The molecule has 0 saturated heterocycles. The number of alkyl halides is 3. The van der Waals surface area contributed by atoms with Crippen molar-refractivity contribution in [2.45, 2.75) is 25.6 Å². The summed E-state index contributed by atoms with van der Waals surface area (Å²) < 4.78 is 51.5. The highest BCUT2D eigenvalue weighted by Crippen LogP contribution is 2.47. The predicted octanol–water partition coefficient (Wildman–Crippen LogP) is 5.54. The summed E-state index contributed by atoms with van der Waals surface area (Å²) in [6, 6.07) is 2.38. The van der Waals surface area contributed by atoms with Crippen LogP contribution in [0.3, 0.4) is 0 Å². The lowest BCUT2D eigenvalue weighted by atomic mass is 9.88. The molecule has 1 aliphatic heterocycles. The van der Waals surface area contributed by atoms with Crippen LogP contribution in [-0.4, -0.2) is 47.0 Å². The van der Waals surface area contributed by atoms with Gasteiger partial charge < -0.3 is 19.5 Å². The molecule has 1 aromatic carbocycles. The number of halogens is 4. The first-order chi connectivity index (χ1) is 18.4. The molecule has 14 heteroatoms. The van der Waals surface area contributed by atoms with Crippen molar-refractivity contribution in [3.8, 4) is 11.5 Å². The summed E-state index contributed by atoms with van der Waals surface area (Å²) >= 11 is 6.66. The molecule has 1 N–H and O–H groups in total. The average Bonchev–Trinajstić information content (AvgIpc) is 3.49. The molecule has 5 aromatic rings. The SMILES string of the molecule is CN1C(=O)c2cc(Nc3nc4ncc(Oc5cnn6ccncc56)c(Cl)c4n3C)cc(C(F)(F)F)c2C1(C)C. The van der Waals surface area contributed by atoms with E-state index in [1.807, 2.05) is 0 Å². The highest BCUT2D eigenvalue weighted by atomic mass is 35.5. The normalized spacial score (nSPS) is 14.9. The fraction of sp³-hybridized carbons (Fsp3) is 0.240. The Labute approximate surface area is 224 Å². The number of imidazole rings is 1. The van der Waals surface area contributed by atoms with Gasteiger partial charge in [-0.05, 0) is 26.0 Å². The van der Waals surface area contributed by atoms with Crippen molar-refractivity contribution in [3.63, 3.8) is 0 Å². The van der Waals surface area contributed by atoms with Crippen LogP contribution in [0.15, 0.2) is 43.1 Å². The maximum absolute atomic E-state index is 14.1. The number of fused-ring (bicyclic) bond motifs is 3. The summed E-state index contributed by atoms with van der Waals surface area (Å²) in [5, 5.41) is 7.29. The van der Waals surface area contributed by atoms with Crippen molar-refractivity contribution in [2.75, 3.05) is 12.4 Å². The molecule has 6 rings (SSSR count). The van der Waals surface area contributed by atoms with Gasteiger partial charge in [0.05, 0.1) is 29.7 Å². The van der Waals surface area contributed by atoms with Crippen LogP contribution in [0.4, 0.5) is 24.8 Å². The molecule has 39 heavy (non-hydrogen) atoms. The molecule has 200 valence electrons. The predicted molar refractivity (Wildman–Crippen MR) is 136 cm³/mol. The van der Waals surface area contributed by atoms with E-state index in [4.69, 9.17) is 16.3 Å². The smallest absolute Gasteiger partial charge is 0.416 e. The van der Waals surface area contributed by atoms with Crippen LogP contribution >= 0.6 is 11.6 Å². The van der Waals surface area contributed by atoms with E-state index in [9.17, 15) is 18.0 Å². The Morgan fingerprint density at radius 3 is 2.62 bits per heavy atom. The lowest BCUT2D eigenvalue weighted by Crippen LogP contribution is -2.36. The fourth-order valence-electron chi connectivity index (χ4n) is 4.80. The molecule has 0 saturated carbocycles. The molecule has 0 unspecified atom stereocenters. The third kappa shape index (κ3) is 3.75. The highest BCUT2D eigenvalue weighted by Gasteiger charge is 2.48. The molecule has 0 bridgehead atoms. The first-order valence-electron chi connectivity index (χ1n) is 11.6. The van der Waals surface area contributed by atoms with Gasteiger partial charge in [0.2, 0.25) is 5.95 Å². The minimum atomic E-state index is -4.68. The summed E-state index contributed by atoms with van der Waals surface area (Å²) in [4.78, 5) is 26.9. The van der Waals surface area contributed by atoms with Crippen LogP contribution in [0.2, 0.25) is 5.02 Å². The minimum Gasteiger partial charge on any atom is -0.450 e. The highest BCUT2D eigenvalue weighted by molar-refractivity contribution is 6.36. The van der Waals surface area contributed by atoms with Gasteiger partial charge in [-0.25, -0.2) is 9.50 Å². The topological polar surface area (TPSA) is 102 Å². The second-order valence-corrected chi connectivity index (χ2v) is 9.99. The molecular formula is C25H20ClF3N8O2. The molecule has 0 aliphatic carbocycles. The van der Waals surface area contributed by atoms with Crippen LogP contribution in [0, 0.1) is 0 Å². The lowest BCUT2D eigenvalue weighted by molar-refractivity contribution is -0.139. The van der Waals surface area contributed by atoms with Crippen LogP contribution < -0.4 is 10.1 Å². The quantitative estimate of drug-likeness (QED) is 0.310. The molecular weight excluding hydrogens is 537 g/mol. The number of anilines is 2. The van der Waals surface area contributed by atoms with Crippen molar-refractivity contribution >= 4 is 45.8 Å². The van der Waals surface area contributed by atoms with Gasteiger partial charge in [-0.15, -0.1) is 0 Å². The number of benzene rings is 1. The van der Waals surface area contributed by atoms with E-state index in [0.717, 1.165) is 6.07 Å². The van der Waals surface area contributed by atoms with E-state index < -0.39 is 23.2 Å². The Balaban J connectivity index is 1.40. The van der Waals surface area contributed by atoms with E-state index >= 15 is 0 Å². The number of ether oxygens (including phenoxy) is 1. The first-order valence-corrected chi connectivity index (χ1v) is 12.0. The third-order valence-electron chi connectivity index (χ3n) is 7.00. The number of aryl methyl sites for hydroxylation is 1. The Bertz CT molecular complexity index is 1810. The number of amides is 1. The second-order valence-electron chi connectivity index (χ2n) is 9.61. The monoisotopic (exact) mass is 556 g/mol. The van der Waals surface area contributed by atoms with Crippen LogP contribution in [0.5, 0.6) is 11.5 Å². The van der Waals surface area contributed by atoms with Crippen LogP contribution in [-0.2, 0) is 18.8 Å². The molecule has 1 amide bonds. The maximum atomic E-state index is 14.1. The molecule has 10 nitrogen and oxygen atoms in total. The van der Waals surface area contributed by atoms with Crippen molar-refractivity contribution in [1.29, 1.82) is 0 Å². The molecule has 0 fully saturated rings. The zero-order chi connectivity index (χ0) is 27.9. The van der Waals surface area contributed by atoms with E-state index in [1.54, 1.807) is 48.6 Å². The Kier molecular flexibility index (Phi) is 5.31. The standard InChI is InChI=1S/C25H20ClF3N8O2/c1-24(2)18-13(22(38)36(24)4)7-12(8-14(18)25(27,28)29)33-23-34-21-20(35(23)3)19(26)17(10-31-21)39-16-11-32-37-6-5-30-9-15(16)37/h5-11H,1-4H3,(H,31,33,34). The van der Waals surface area contributed by atoms with Crippen molar-refractivity contribution < 1.29 is 22.7 Å². The number of hydrogen-bond acceptors (Lipinski definition) is 7. The van der Waals surface area contributed by atoms with E-state index in [0.29, 0.717) is 16.8 Å². The Hall–Kier alpha value is -4.39. The van der Waals surface area contributed by atoms with Crippen molar-refractivity contribution in [2.24, 2.45) is 7.05 Å². The number of carbonyl (C=O) groups excluding carboxylic acids is 1. The van der Waals surface area contributed by atoms with Gasteiger partial charge in [0.1, 0.15) is 16.1 Å². The molecule has 1 aliphatic rings. The summed E-state index contributed by atoms with van der Waals surface area (Å²) in [5.74, 6) is 0.304. The van der Waals surface area contributed by atoms with Gasteiger partial charge in [-0.3, -0.25) is 9.78 Å². The molecule has 0 atom stereocenters. The van der Waals surface area contributed by atoms with Crippen LogP contribution in [0.1, 0.15) is 35.3 Å². The van der Waals surface area contributed by atoms with Gasteiger partial charge in [-0.2, -0.15) is 23.3 Å². The summed E-state index contributed by atoms with van der Waals surface area (Å²) in [7, 11) is 3.12. The molecule has 4 aromatic heterocycles. The maximum Gasteiger partial charge on any atom is 0.416 e. The zero-order valence-electron chi connectivity index (χ0n) is 21.0.